The summed E-state index contributed by atoms with van der Waals surface area (Å²) in [6.45, 7) is 0. The molecule has 4 nitrogen and oxygen atoms in total. The van der Waals surface area contributed by atoms with Gasteiger partial charge in [-0.05, 0) is 61.3 Å². The van der Waals surface area contributed by atoms with E-state index in [1.54, 1.807) is 0 Å². The van der Waals surface area contributed by atoms with Crippen molar-refractivity contribution in [3.63, 3.8) is 0 Å². The van der Waals surface area contributed by atoms with E-state index < -0.39 is 18.4 Å². The van der Waals surface area contributed by atoms with Crippen molar-refractivity contribution in [3.05, 3.63) is 11.1 Å². The van der Waals surface area contributed by atoms with Crippen molar-refractivity contribution < 1.29 is 19.8 Å². The molecule has 0 spiro atoms. The van der Waals surface area contributed by atoms with E-state index in [4.69, 9.17) is 0 Å². The van der Waals surface area contributed by atoms with E-state index >= 15 is 0 Å². The van der Waals surface area contributed by atoms with E-state index in [1.807, 2.05) is 0 Å². The van der Waals surface area contributed by atoms with Crippen molar-refractivity contribution in [1.29, 1.82) is 0 Å². The first-order chi connectivity index (χ1) is 8.54. The molecule has 0 saturated heterocycles. The molecule has 0 amide bonds. The molecule has 4 fully saturated rings. The molecule has 4 bridgehead atoms. The maximum Gasteiger partial charge on any atom is 0.0678 e. The maximum absolute atomic E-state index is 11.2. The standard InChI is InChI=1S/C14H18O4/c15-12(16)6-11(14(17)18)13-9-2-7-1-8(4-9)5-10(13)3-7/h7-10H,1-6H2,(H,15,16)(H,17,18)/p-2. The van der Waals surface area contributed by atoms with Crippen LogP contribution in [0.15, 0.2) is 11.1 Å². The predicted octanol–water partition coefficient (Wildman–Crippen LogP) is -0.371. The molecule has 98 valence electrons. The van der Waals surface area contributed by atoms with Crippen molar-refractivity contribution in [2.24, 2.45) is 23.7 Å². The first kappa shape index (κ1) is 11.8. The molecule has 0 aromatic rings. The van der Waals surface area contributed by atoms with Crippen LogP contribution in [0, 0.1) is 23.7 Å². The van der Waals surface area contributed by atoms with Crippen LogP contribution in [0.5, 0.6) is 0 Å². The third-order valence-electron chi connectivity index (χ3n) is 4.93. The molecule has 4 saturated carbocycles. The Balaban J connectivity index is 1.97. The number of carboxylic acids is 2. The summed E-state index contributed by atoms with van der Waals surface area (Å²) in [7, 11) is 0. The van der Waals surface area contributed by atoms with Crippen LogP contribution in [0.4, 0.5) is 0 Å². The third kappa shape index (κ3) is 1.84. The summed E-state index contributed by atoms with van der Waals surface area (Å²) >= 11 is 0. The zero-order chi connectivity index (χ0) is 12.9. The number of allylic oxidation sites excluding steroid dienone is 1. The van der Waals surface area contributed by atoms with Crippen molar-refractivity contribution in [2.45, 2.75) is 38.5 Å². The van der Waals surface area contributed by atoms with Crippen molar-refractivity contribution in [3.8, 4) is 0 Å². The molecule has 18 heavy (non-hydrogen) atoms. The van der Waals surface area contributed by atoms with Crippen LogP contribution in [0.1, 0.15) is 38.5 Å². The van der Waals surface area contributed by atoms with Gasteiger partial charge in [-0.3, -0.25) is 0 Å². The number of carbonyl (C=O) groups excluding carboxylic acids is 2. The van der Waals surface area contributed by atoms with Gasteiger partial charge in [0, 0.05) is 12.4 Å². The van der Waals surface area contributed by atoms with Crippen LogP contribution >= 0.6 is 0 Å². The first-order valence-electron chi connectivity index (χ1n) is 6.68. The fourth-order valence-electron chi connectivity index (χ4n) is 4.62. The summed E-state index contributed by atoms with van der Waals surface area (Å²) in [6.07, 6.45) is 4.91. The topological polar surface area (TPSA) is 80.3 Å². The molecule has 0 radical (unpaired) electrons. The molecular weight excluding hydrogens is 232 g/mol. The number of aliphatic carboxylic acids is 2. The van der Waals surface area contributed by atoms with E-state index in [0.29, 0.717) is 0 Å². The Morgan fingerprint density at radius 3 is 1.83 bits per heavy atom. The lowest BCUT2D eigenvalue weighted by atomic mass is 9.53. The van der Waals surface area contributed by atoms with E-state index in [0.717, 1.165) is 43.1 Å². The zero-order valence-electron chi connectivity index (χ0n) is 10.2. The lowest BCUT2D eigenvalue weighted by Gasteiger charge is -2.52. The van der Waals surface area contributed by atoms with Crippen molar-refractivity contribution in [2.75, 3.05) is 0 Å². The Bertz CT molecular complexity index is 405. The van der Waals surface area contributed by atoms with E-state index in [1.165, 1.54) is 6.42 Å². The molecule has 4 aliphatic rings. The lowest BCUT2D eigenvalue weighted by molar-refractivity contribution is -0.310. The monoisotopic (exact) mass is 248 g/mol. The summed E-state index contributed by atoms with van der Waals surface area (Å²) in [4.78, 5) is 21.9. The molecule has 4 aliphatic carbocycles. The van der Waals surface area contributed by atoms with Gasteiger partial charge in [0.15, 0.2) is 0 Å². The molecule has 0 unspecified atom stereocenters. The smallest absolute Gasteiger partial charge is 0.0678 e. The van der Waals surface area contributed by atoms with Gasteiger partial charge in [-0.15, -0.1) is 0 Å². The van der Waals surface area contributed by atoms with Crippen molar-refractivity contribution in [1.82, 2.24) is 0 Å². The minimum atomic E-state index is -1.32. The third-order valence-corrected chi connectivity index (χ3v) is 4.93. The highest BCUT2D eigenvalue weighted by atomic mass is 16.4. The van der Waals surface area contributed by atoms with Crippen molar-refractivity contribution >= 4 is 11.9 Å². The highest BCUT2D eigenvalue weighted by Gasteiger charge is 2.46. The molecule has 4 heteroatoms. The maximum atomic E-state index is 11.2. The van der Waals surface area contributed by atoms with E-state index in [9.17, 15) is 19.8 Å². The van der Waals surface area contributed by atoms with E-state index in [-0.39, 0.29) is 17.4 Å². The van der Waals surface area contributed by atoms with Gasteiger partial charge in [0.1, 0.15) is 0 Å². The van der Waals surface area contributed by atoms with Crippen LogP contribution < -0.4 is 10.2 Å². The SMILES string of the molecule is O=C([O-])CC(C(=O)[O-])=C1C2CC3CC(C2)CC1C3. The largest absolute Gasteiger partial charge is 0.550 e. The molecule has 4 rings (SSSR count). The minimum absolute atomic E-state index is 0.00352. The van der Waals surface area contributed by atoms with Gasteiger partial charge in [-0.25, -0.2) is 0 Å². The normalized spacial score (nSPS) is 36.8. The van der Waals surface area contributed by atoms with Gasteiger partial charge in [0.05, 0.1) is 5.97 Å². The Kier molecular flexibility index (Phi) is 2.68. The fourth-order valence-corrected chi connectivity index (χ4v) is 4.62. The van der Waals surface area contributed by atoms with Gasteiger partial charge in [0.2, 0.25) is 0 Å². The summed E-state index contributed by atoms with van der Waals surface area (Å²) in [6, 6.07) is 0. The number of hydrogen-bond donors (Lipinski definition) is 0. The van der Waals surface area contributed by atoms with Crippen LogP contribution in [-0.2, 0) is 9.59 Å². The van der Waals surface area contributed by atoms with Crippen LogP contribution in [-0.4, -0.2) is 11.9 Å². The molecule has 0 aromatic heterocycles. The van der Waals surface area contributed by atoms with Gasteiger partial charge in [-0.1, -0.05) is 5.57 Å². The van der Waals surface area contributed by atoms with Gasteiger partial charge < -0.3 is 19.8 Å². The molecular formula is C14H16O4-2. The number of carbonyl (C=O) groups is 2. The second-order valence-corrected chi connectivity index (χ2v) is 6.07. The van der Waals surface area contributed by atoms with Crippen LogP contribution in [0.2, 0.25) is 0 Å². The minimum Gasteiger partial charge on any atom is -0.550 e. The average molecular weight is 248 g/mol. The second-order valence-electron chi connectivity index (χ2n) is 6.07. The summed E-state index contributed by atoms with van der Waals surface area (Å²) in [5, 5.41) is 21.9. The van der Waals surface area contributed by atoms with Crippen LogP contribution in [0.3, 0.4) is 0 Å². The quantitative estimate of drug-likeness (QED) is 0.638. The number of carboxylic acid groups (broad SMARTS) is 2. The Morgan fingerprint density at radius 2 is 1.44 bits per heavy atom. The zero-order valence-corrected chi connectivity index (χ0v) is 10.2. The highest BCUT2D eigenvalue weighted by molar-refractivity contribution is 5.91. The van der Waals surface area contributed by atoms with Crippen LogP contribution in [0.25, 0.3) is 0 Å². The number of rotatable bonds is 3. The molecule has 0 aliphatic heterocycles. The van der Waals surface area contributed by atoms with E-state index in [2.05, 4.69) is 0 Å². The average Bonchev–Trinajstić information content (AvgIpc) is 2.25. The van der Waals surface area contributed by atoms with Gasteiger partial charge in [-0.2, -0.15) is 0 Å². The second kappa shape index (κ2) is 4.11. The molecule has 0 N–H and O–H groups in total. The Labute approximate surface area is 106 Å². The summed E-state index contributed by atoms with van der Waals surface area (Å²) in [5.41, 5.74) is 0.884. The molecule has 0 aromatic carbocycles. The molecule has 0 atom stereocenters. The highest BCUT2D eigenvalue weighted by Crippen LogP contribution is 2.57. The lowest BCUT2D eigenvalue weighted by Crippen LogP contribution is -2.43. The summed E-state index contributed by atoms with van der Waals surface area (Å²) in [5.74, 6) is -0.622. The Hall–Kier alpha value is -1.32. The van der Waals surface area contributed by atoms with Gasteiger partial charge >= 0.3 is 0 Å². The first-order valence-corrected chi connectivity index (χ1v) is 6.68. The Morgan fingerprint density at radius 1 is 0.944 bits per heavy atom. The number of hydrogen-bond acceptors (Lipinski definition) is 4. The molecule has 0 heterocycles. The summed E-state index contributed by atoms with van der Waals surface area (Å²) < 4.78 is 0. The predicted molar refractivity (Wildman–Crippen MR) is 58.7 cm³/mol. The fraction of sp³-hybridized carbons (Fsp3) is 0.714. The van der Waals surface area contributed by atoms with Gasteiger partial charge in [0.25, 0.3) is 0 Å².